The van der Waals surface area contributed by atoms with Crippen LogP contribution in [0.1, 0.15) is 0 Å². The van der Waals surface area contributed by atoms with Gasteiger partial charge in [-0.15, -0.1) is 0 Å². The second kappa shape index (κ2) is 6.33. The van der Waals surface area contributed by atoms with Gasteiger partial charge in [0.1, 0.15) is 12.5 Å². The summed E-state index contributed by atoms with van der Waals surface area (Å²) in [4.78, 5) is 7.57. The molecule has 0 amide bonds. The van der Waals surface area contributed by atoms with Gasteiger partial charge in [-0.25, -0.2) is 27.1 Å². The molecular weight excluding hydrogens is 321 g/mol. The van der Waals surface area contributed by atoms with Crippen LogP contribution in [0.25, 0.3) is 0 Å². The molecule has 0 saturated carbocycles. The van der Waals surface area contributed by atoms with E-state index in [-0.39, 0.29) is 22.6 Å². The molecule has 0 fully saturated rings. The van der Waals surface area contributed by atoms with Gasteiger partial charge >= 0.3 is 0 Å². The zero-order valence-corrected chi connectivity index (χ0v) is 12.5. The van der Waals surface area contributed by atoms with Crippen molar-refractivity contribution in [2.75, 3.05) is 18.1 Å². The maximum absolute atomic E-state index is 13.2. The van der Waals surface area contributed by atoms with Crippen molar-refractivity contribution in [2.24, 2.45) is 0 Å². The number of ether oxygens (including phenoxy) is 1. The zero-order chi connectivity index (χ0) is 15.5. The van der Waals surface area contributed by atoms with Gasteiger partial charge in [0, 0.05) is 19.5 Å². The Kier molecular flexibility index (Phi) is 4.71. The minimum Gasteiger partial charge on any atom is -0.363 e. The van der Waals surface area contributed by atoms with Crippen molar-refractivity contribution in [3.63, 3.8) is 0 Å². The van der Waals surface area contributed by atoms with E-state index in [1.54, 1.807) is 6.07 Å². The number of hydrogen-bond acceptors (Lipinski definition) is 5. The Labute approximate surface area is 126 Å². The Balaban J connectivity index is 2.50. The smallest absolute Gasteiger partial charge is 0.268 e. The fourth-order valence-electron chi connectivity index (χ4n) is 1.54. The number of sulfonamides is 1. The minimum absolute atomic E-state index is 0.0557. The lowest BCUT2D eigenvalue weighted by Gasteiger charge is -2.21. The molecular formula is C12H11ClFN3O3S. The third-order valence-corrected chi connectivity index (χ3v) is 4.49. The average Bonchev–Trinajstić information content (AvgIpc) is 2.48. The summed E-state index contributed by atoms with van der Waals surface area (Å²) in [5.74, 6) is -0.760. The molecule has 0 aliphatic rings. The number of anilines is 1. The van der Waals surface area contributed by atoms with Crippen LogP contribution in [0.15, 0.2) is 41.6 Å². The first kappa shape index (κ1) is 15.6. The molecule has 0 spiro atoms. The first-order valence-electron chi connectivity index (χ1n) is 5.70. The standard InChI is InChI=1S/C12H11ClFN3O3S/c1-20-8-17(12-15-5-2-6-16-12)21(18,19)9-3-4-11(14)10(13)7-9/h2-7H,8H2,1H3. The number of aromatic nitrogens is 2. The van der Waals surface area contributed by atoms with Gasteiger partial charge in [0.25, 0.3) is 10.0 Å². The van der Waals surface area contributed by atoms with Crippen LogP contribution < -0.4 is 4.31 Å². The van der Waals surface area contributed by atoms with E-state index in [0.717, 1.165) is 22.5 Å². The van der Waals surface area contributed by atoms with Crippen molar-refractivity contribution in [2.45, 2.75) is 4.90 Å². The van der Waals surface area contributed by atoms with E-state index < -0.39 is 15.8 Å². The van der Waals surface area contributed by atoms with E-state index >= 15 is 0 Å². The van der Waals surface area contributed by atoms with Crippen molar-refractivity contribution in [3.05, 3.63) is 47.5 Å². The minimum atomic E-state index is -4.02. The van der Waals surface area contributed by atoms with Crippen LogP contribution in [0, 0.1) is 5.82 Å². The Bertz CT molecular complexity index is 728. The Morgan fingerprint density at radius 3 is 2.57 bits per heavy atom. The van der Waals surface area contributed by atoms with Crippen LogP contribution in [0.2, 0.25) is 5.02 Å². The molecule has 0 radical (unpaired) electrons. The fraction of sp³-hybridized carbons (Fsp3) is 0.167. The van der Waals surface area contributed by atoms with Crippen molar-refractivity contribution in [1.29, 1.82) is 0 Å². The van der Waals surface area contributed by atoms with Crippen LogP contribution >= 0.6 is 11.6 Å². The lowest BCUT2D eigenvalue weighted by Crippen LogP contribution is -2.34. The highest BCUT2D eigenvalue weighted by Gasteiger charge is 2.27. The molecule has 0 unspecified atom stereocenters. The number of nitrogens with zero attached hydrogens (tertiary/aromatic N) is 3. The van der Waals surface area contributed by atoms with Crippen molar-refractivity contribution in [1.82, 2.24) is 9.97 Å². The molecule has 0 saturated heterocycles. The van der Waals surface area contributed by atoms with Gasteiger partial charge in [-0.3, -0.25) is 0 Å². The van der Waals surface area contributed by atoms with Crippen LogP contribution in [0.4, 0.5) is 10.3 Å². The summed E-state index contributed by atoms with van der Waals surface area (Å²) in [6.07, 6.45) is 2.80. The van der Waals surface area contributed by atoms with E-state index in [4.69, 9.17) is 16.3 Å². The molecule has 0 atom stereocenters. The lowest BCUT2D eigenvalue weighted by molar-refractivity contribution is 0.208. The topological polar surface area (TPSA) is 72.4 Å². The molecule has 2 aromatic rings. The Morgan fingerprint density at radius 2 is 2.00 bits per heavy atom. The molecule has 9 heteroatoms. The van der Waals surface area contributed by atoms with Gasteiger partial charge in [0.05, 0.1) is 9.92 Å². The van der Waals surface area contributed by atoms with Crippen LogP contribution in [0.5, 0.6) is 0 Å². The first-order chi connectivity index (χ1) is 9.96. The summed E-state index contributed by atoms with van der Waals surface area (Å²) in [6.45, 7) is -0.290. The van der Waals surface area contributed by atoms with E-state index in [0.29, 0.717) is 0 Å². The summed E-state index contributed by atoms with van der Waals surface area (Å²) >= 11 is 5.63. The largest absolute Gasteiger partial charge is 0.363 e. The molecule has 6 nitrogen and oxygen atoms in total. The van der Waals surface area contributed by atoms with Gasteiger partial charge in [-0.1, -0.05) is 11.6 Å². The third kappa shape index (κ3) is 3.29. The second-order valence-corrected chi connectivity index (χ2v) is 6.17. The monoisotopic (exact) mass is 331 g/mol. The van der Waals surface area contributed by atoms with Gasteiger partial charge in [0.2, 0.25) is 5.95 Å². The normalized spacial score (nSPS) is 11.4. The molecule has 0 aliphatic carbocycles. The highest BCUT2D eigenvalue weighted by Crippen LogP contribution is 2.24. The highest BCUT2D eigenvalue weighted by molar-refractivity contribution is 7.92. The van der Waals surface area contributed by atoms with E-state index in [9.17, 15) is 12.8 Å². The van der Waals surface area contributed by atoms with Crippen LogP contribution in [-0.2, 0) is 14.8 Å². The number of benzene rings is 1. The summed E-state index contributed by atoms with van der Waals surface area (Å²) in [5.41, 5.74) is 0. The predicted molar refractivity (Wildman–Crippen MR) is 75.0 cm³/mol. The van der Waals surface area contributed by atoms with Crippen LogP contribution in [0.3, 0.4) is 0 Å². The zero-order valence-electron chi connectivity index (χ0n) is 10.9. The van der Waals surface area contributed by atoms with E-state index in [2.05, 4.69) is 9.97 Å². The Hall–Kier alpha value is -1.77. The summed E-state index contributed by atoms with van der Waals surface area (Å²) in [6, 6.07) is 4.67. The van der Waals surface area contributed by atoms with Gasteiger partial charge in [-0.05, 0) is 24.3 Å². The molecule has 21 heavy (non-hydrogen) atoms. The van der Waals surface area contributed by atoms with Gasteiger partial charge in [0.15, 0.2) is 0 Å². The average molecular weight is 332 g/mol. The van der Waals surface area contributed by atoms with Gasteiger partial charge in [-0.2, -0.15) is 0 Å². The highest BCUT2D eigenvalue weighted by atomic mass is 35.5. The molecule has 0 bridgehead atoms. The third-order valence-electron chi connectivity index (χ3n) is 2.50. The molecule has 0 aliphatic heterocycles. The summed E-state index contributed by atoms with van der Waals surface area (Å²) in [7, 11) is -2.69. The van der Waals surface area contributed by atoms with Crippen molar-refractivity contribution < 1.29 is 17.5 Å². The first-order valence-corrected chi connectivity index (χ1v) is 7.52. The molecule has 1 aromatic carbocycles. The molecule has 1 aromatic heterocycles. The quantitative estimate of drug-likeness (QED) is 0.784. The maximum Gasteiger partial charge on any atom is 0.268 e. The van der Waals surface area contributed by atoms with Crippen LogP contribution in [-0.4, -0.2) is 32.2 Å². The van der Waals surface area contributed by atoms with E-state index in [1.165, 1.54) is 19.5 Å². The Morgan fingerprint density at radius 1 is 1.33 bits per heavy atom. The maximum atomic E-state index is 13.2. The van der Waals surface area contributed by atoms with Crippen molar-refractivity contribution >= 4 is 27.6 Å². The lowest BCUT2D eigenvalue weighted by atomic mass is 10.3. The number of methoxy groups -OCH3 is 1. The van der Waals surface area contributed by atoms with Crippen molar-refractivity contribution in [3.8, 4) is 0 Å². The number of halogens is 2. The molecule has 112 valence electrons. The summed E-state index contributed by atoms with van der Waals surface area (Å²) < 4.78 is 44.0. The molecule has 1 heterocycles. The number of rotatable bonds is 5. The number of hydrogen-bond donors (Lipinski definition) is 0. The van der Waals surface area contributed by atoms with Gasteiger partial charge < -0.3 is 4.74 Å². The predicted octanol–water partition coefficient (Wildman–Crippen LogP) is 2.07. The van der Waals surface area contributed by atoms with E-state index in [1.807, 2.05) is 0 Å². The molecule has 0 N–H and O–H groups in total. The summed E-state index contributed by atoms with van der Waals surface area (Å²) in [5, 5.41) is -0.289. The fourth-order valence-corrected chi connectivity index (χ4v) is 3.10. The second-order valence-electron chi connectivity index (χ2n) is 3.90. The molecule has 2 rings (SSSR count). The SMILES string of the molecule is COCN(c1ncccn1)S(=O)(=O)c1ccc(F)c(Cl)c1.